The summed E-state index contributed by atoms with van der Waals surface area (Å²) in [4.78, 5) is 4.94. The average Bonchev–Trinajstić information content (AvgIpc) is 2.67. The lowest BCUT2D eigenvalue weighted by Gasteiger charge is -2.19. The fourth-order valence-electron chi connectivity index (χ4n) is 1.89. The molecule has 98 valence electrons. The van der Waals surface area contributed by atoms with Gasteiger partial charge in [0.25, 0.3) is 0 Å². The highest BCUT2D eigenvalue weighted by Crippen LogP contribution is 2.26. The number of nitrogens with zero attached hydrogens (tertiary/aromatic N) is 1. The van der Waals surface area contributed by atoms with E-state index in [1.165, 1.54) is 6.42 Å². The van der Waals surface area contributed by atoms with E-state index in [0.29, 0.717) is 10.2 Å². The Morgan fingerprint density at radius 3 is 2.67 bits per heavy atom. The molecular weight excluding hydrogens is 290 g/mol. The van der Waals surface area contributed by atoms with Gasteiger partial charge < -0.3 is 4.42 Å². The van der Waals surface area contributed by atoms with Gasteiger partial charge >= 0.3 is 0 Å². The Balaban J connectivity index is 1.96. The Morgan fingerprint density at radius 1 is 1.28 bits per heavy atom. The number of halogens is 1. The predicted molar refractivity (Wildman–Crippen MR) is 79.1 cm³/mol. The van der Waals surface area contributed by atoms with Crippen molar-refractivity contribution in [1.29, 1.82) is 0 Å². The van der Waals surface area contributed by atoms with Gasteiger partial charge in [0.15, 0.2) is 11.5 Å². The van der Waals surface area contributed by atoms with Crippen molar-refractivity contribution in [2.24, 2.45) is 5.41 Å². The molecule has 0 aliphatic heterocycles. The minimum atomic E-state index is 0.382. The van der Waals surface area contributed by atoms with Crippen molar-refractivity contribution in [3.63, 3.8) is 0 Å². The summed E-state index contributed by atoms with van der Waals surface area (Å²) < 4.78 is 5.73. The van der Waals surface area contributed by atoms with Crippen LogP contribution in [0.25, 0.3) is 11.1 Å². The van der Waals surface area contributed by atoms with Gasteiger partial charge in [-0.05, 0) is 30.4 Å². The van der Waals surface area contributed by atoms with Crippen LogP contribution in [0.5, 0.6) is 0 Å². The fraction of sp³-hybridized carbons (Fsp3) is 0.533. The van der Waals surface area contributed by atoms with Crippen LogP contribution in [0.4, 0.5) is 0 Å². The number of hydrogen-bond donors (Lipinski definition) is 0. The molecule has 0 N–H and O–H groups in total. The molecule has 2 rings (SSSR count). The number of aromatic nitrogens is 1. The second kappa shape index (κ2) is 5.43. The average molecular weight is 310 g/mol. The van der Waals surface area contributed by atoms with E-state index in [4.69, 9.17) is 4.42 Å². The van der Waals surface area contributed by atoms with Gasteiger partial charge in [-0.2, -0.15) is 0 Å². The van der Waals surface area contributed by atoms with Gasteiger partial charge in [-0.3, -0.25) is 0 Å². The van der Waals surface area contributed by atoms with Crippen LogP contribution in [-0.4, -0.2) is 9.81 Å². The Kier molecular flexibility index (Phi) is 4.10. The van der Waals surface area contributed by atoms with Crippen LogP contribution >= 0.6 is 15.9 Å². The third kappa shape index (κ3) is 3.84. The quantitative estimate of drug-likeness (QED) is 0.746. The lowest BCUT2D eigenvalue weighted by Crippen LogP contribution is -2.10. The van der Waals surface area contributed by atoms with E-state index in [-0.39, 0.29) is 0 Å². The highest BCUT2D eigenvalue weighted by molar-refractivity contribution is 9.09. The van der Waals surface area contributed by atoms with E-state index < -0.39 is 0 Å². The molecule has 1 heterocycles. The number of benzene rings is 1. The maximum Gasteiger partial charge on any atom is 0.196 e. The van der Waals surface area contributed by atoms with E-state index in [2.05, 4.69) is 41.7 Å². The molecule has 0 aliphatic rings. The summed E-state index contributed by atoms with van der Waals surface area (Å²) >= 11 is 3.72. The third-order valence-corrected chi connectivity index (χ3v) is 3.72. The minimum Gasteiger partial charge on any atom is -0.441 e. The maximum atomic E-state index is 5.73. The van der Waals surface area contributed by atoms with Gasteiger partial charge in [-0.25, -0.2) is 4.98 Å². The first-order chi connectivity index (χ1) is 8.44. The van der Waals surface area contributed by atoms with Gasteiger partial charge in [0.2, 0.25) is 0 Å². The Hall–Kier alpha value is -0.830. The SMILES string of the molecule is CC(C)(C)CCC(Br)Cc1nc2ccccc2o1. The van der Waals surface area contributed by atoms with Crippen LogP contribution in [0.15, 0.2) is 28.7 Å². The van der Waals surface area contributed by atoms with Crippen molar-refractivity contribution in [3.8, 4) is 0 Å². The molecule has 1 atom stereocenters. The maximum absolute atomic E-state index is 5.73. The molecule has 2 aromatic rings. The van der Waals surface area contributed by atoms with Gasteiger partial charge in [-0.15, -0.1) is 0 Å². The van der Waals surface area contributed by atoms with E-state index in [1.54, 1.807) is 0 Å². The lowest BCUT2D eigenvalue weighted by molar-refractivity contribution is 0.360. The number of oxazole rings is 1. The summed E-state index contributed by atoms with van der Waals surface area (Å²) in [6.45, 7) is 6.81. The molecule has 0 saturated heterocycles. The van der Waals surface area contributed by atoms with Crippen LogP contribution in [-0.2, 0) is 6.42 Å². The molecule has 18 heavy (non-hydrogen) atoms. The zero-order valence-corrected chi connectivity index (χ0v) is 12.8. The van der Waals surface area contributed by atoms with Crippen LogP contribution < -0.4 is 0 Å². The van der Waals surface area contributed by atoms with Crippen LogP contribution in [0.3, 0.4) is 0 Å². The van der Waals surface area contributed by atoms with Crippen molar-refractivity contribution in [2.75, 3.05) is 0 Å². The van der Waals surface area contributed by atoms with Crippen molar-refractivity contribution >= 4 is 27.0 Å². The summed E-state index contributed by atoms with van der Waals surface area (Å²) in [7, 11) is 0. The predicted octanol–water partition coefficient (Wildman–Crippen LogP) is 4.96. The number of para-hydroxylation sites is 2. The third-order valence-electron chi connectivity index (χ3n) is 2.94. The Bertz CT molecular complexity index is 479. The number of hydrogen-bond acceptors (Lipinski definition) is 2. The van der Waals surface area contributed by atoms with Crippen LogP contribution in [0, 0.1) is 5.41 Å². The molecule has 2 nitrogen and oxygen atoms in total. The largest absolute Gasteiger partial charge is 0.441 e. The molecule has 0 spiro atoms. The standard InChI is InChI=1S/C15H20BrNO/c1-15(2,3)9-8-11(16)10-14-17-12-6-4-5-7-13(12)18-14/h4-7,11H,8-10H2,1-3H3. The first kappa shape index (κ1) is 13.6. The van der Waals surface area contributed by atoms with E-state index in [9.17, 15) is 0 Å². The van der Waals surface area contributed by atoms with Gasteiger partial charge in [0.1, 0.15) is 5.52 Å². The zero-order chi connectivity index (χ0) is 13.2. The highest BCUT2D eigenvalue weighted by Gasteiger charge is 2.16. The monoisotopic (exact) mass is 309 g/mol. The number of fused-ring (bicyclic) bond motifs is 1. The fourth-order valence-corrected chi connectivity index (χ4v) is 2.39. The Morgan fingerprint density at radius 2 is 2.00 bits per heavy atom. The summed E-state index contributed by atoms with van der Waals surface area (Å²) in [6, 6.07) is 7.91. The normalized spacial score (nSPS) is 14.0. The molecule has 0 aliphatic carbocycles. The van der Waals surface area contributed by atoms with Gasteiger partial charge in [0, 0.05) is 11.2 Å². The van der Waals surface area contributed by atoms with E-state index in [0.717, 1.165) is 29.8 Å². The molecule has 0 amide bonds. The lowest BCUT2D eigenvalue weighted by atomic mass is 9.89. The topological polar surface area (TPSA) is 26.0 Å². The molecule has 1 aromatic carbocycles. The minimum absolute atomic E-state index is 0.382. The van der Waals surface area contributed by atoms with Crippen molar-refractivity contribution in [2.45, 2.75) is 44.9 Å². The second-order valence-electron chi connectivity index (χ2n) is 5.98. The molecule has 1 unspecified atom stereocenters. The first-order valence-corrected chi connectivity index (χ1v) is 7.34. The molecule has 0 fully saturated rings. The highest BCUT2D eigenvalue weighted by atomic mass is 79.9. The van der Waals surface area contributed by atoms with Crippen LogP contribution in [0.2, 0.25) is 0 Å². The molecule has 0 radical (unpaired) electrons. The second-order valence-corrected chi connectivity index (χ2v) is 7.27. The zero-order valence-electron chi connectivity index (χ0n) is 11.2. The summed E-state index contributed by atoms with van der Waals surface area (Å²) in [5, 5.41) is 0. The summed E-state index contributed by atoms with van der Waals surface area (Å²) in [5.74, 6) is 0.826. The molecular formula is C15H20BrNO. The molecule has 0 bridgehead atoms. The first-order valence-electron chi connectivity index (χ1n) is 6.42. The van der Waals surface area contributed by atoms with Gasteiger partial charge in [0.05, 0.1) is 0 Å². The van der Waals surface area contributed by atoms with E-state index in [1.807, 2.05) is 24.3 Å². The van der Waals surface area contributed by atoms with E-state index >= 15 is 0 Å². The van der Waals surface area contributed by atoms with Crippen molar-refractivity contribution < 1.29 is 4.42 Å². The number of rotatable bonds is 4. The van der Waals surface area contributed by atoms with Gasteiger partial charge in [-0.1, -0.05) is 48.8 Å². The molecule has 0 saturated carbocycles. The number of alkyl halides is 1. The van der Waals surface area contributed by atoms with Crippen LogP contribution in [0.1, 0.15) is 39.5 Å². The molecule has 1 aromatic heterocycles. The Labute approximate surface area is 117 Å². The molecule has 3 heteroatoms. The summed E-state index contributed by atoms with van der Waals surface area (Å²) in [6.07, 6.45) is 3.19. The smallest absolute Gasteiger partial charge is 0.196 e. The van der Waals surface area contributed by atoms with Crippen molar-refractivity contribution in [3.05, 3.63) is 30.2 Å². The van der Waals surface area contributed by atoms with Crippen molar-refractivity contribution in [1.82, 2.24) is 4.98 Å². The summed E-state index contributed by atoms with van der Waals surface area (Å²) in [5.41, 5.74) is 2.21.